The van der Waals surface area contributed by atoms with Crippen LogP contribution in [0.5, 0.6) is 5.88 Å². The van der Waals surface area contributed by atoms with Crippen LogP contribution in [-0.4, -0.2) is 34.8 Å². The third-order valence-corrected chi connectivity index (χ3v) is 2.24. The average molecular weight is 267 g/mol. The maximum Gasteiger partial charge on any atom is 0.232 e. The van der Waals surface area contributed by atoms with Gasteiger partial charge in [0.1, 0.15) is 6.61 Å². The van der Waals surface area contributed by atoms with E-state index in [4.69, 9.17) is 9.47 Å². The first-order valence-electron chi connectivity index (χ1n) is 6.68. The van der Waals surface area contributed by atoms with Gasteiger partial charge in [-0.05, 0) is 20.8 Å². The van der Waals surface area contributed by atoms with Gasteiger partial charge < -0.3 is 14.8 Å². The van der Waals surface area contributed by atoms with Crippen molar-refractivity contribution in [3.8, 4) is 5.88 Å². The molecule has 0 atom stereocenters. The number of hydrogen-bond donors (Lipinski definition) is 1. The fourth-order valence-corrected chi connectivity index (χ4v) is 1.31. The van der Waals surface area contributed by atoms with E-state index in [-0.39, 0.29) is 5.60 Å². The summed E-state index contributed by atoms with van der Waals surface area (Å²) >= 11 is 0. The van der Waals surface area contributed by atoms with Gasteiger partial charge in [-0.3, -0.25) is 4.98 Å². The lowest BCUT2D eigenvalue weighted by atomic mass is 10.2. The van der Waals surface area contributed by atoms with E-state index in [0.29, 0.717) is 25.1 Å². The van der Waals surface area contributed by atoms with E-state index in [1.54, 1.807) is 12.4 Å². The molecule has 0 aliphatic heterocycles. The van der Waals surface area contributed by atoms with E-state index >= 15 is 0 Å². The van der Waals surface area contributed by atoms with Crippen molar-refractivity contribution in [2.45, 2.75) is 52.8 Å². The minimum absolute atomic E-state index is 0.137. The second-order valence-electron chi connectivity index (χ2n) is 5.69. The van der Waals surface area contributed by atoms with Crippen LogP contribution in [-0.2, 0) is 11.3 Å². The van der Waals surface area contributed by atoms with Crippen molar-refractivity contribution in [2.75, 3.05) is 13.2 Å². The Kier molecular flexibility index (Phi) is 6.18. The molecule has 0 unspecified atom stereocenters. The molecule has 0 radical (unpaired) electrons. The monoisotopic (exact) mass is 267 g/mol. The van der Waals surface area contributed by atoms with E-state index in [2.05, 4.69) is 29.1 Å². The molecule has 0 saturated heterocycles. The fraction of sp³-hybridized carbons (Fsp3) is 0.714. The molecule has 108 valence electrons. The van der Waals surface area contributed by atoms with Crippen LogP contribution < -0.4 is 10.1 Å². The Hall–Kier alpha value is -1.20. The summed E-state index contributed by atoms with van der Waals surface area (Å²) in [5.74, 6) is 0.533. The minimum atomic E-state index is -0.137. The van der Waals surface area contributed by atoms with Crippen LogP contribution in [0.2, 0.25) is 0 Å². The standard InChI is InChI=1S/C14H25N3O2/c1-11(2)15-8-12-9-17-13(10-16-12)18-6-7-19-14(3,4)5/h9-11,15H,6-8H2,1-5H3. The van der Waals surface area contributed by atoms with Crippen LogP contribution >= 0.6 is 0 Å². The first-order valence-corrected chi connectivity index (χ1v) is 6.68. The fourth-order valence-electron chi connectivity index (χ4n) is 1.31. The van der Waals surface area contributed by atoms with Crippen molar-refractivity contribution in [1.29, 1.82) is 0 Å². The summed E-state index contributed by atoms with van der Waals surface area (Å²) in [5.41, 5.74) is 0.772. The molecule has 0 fully saturated rings. The Morgan fingerprint density at radius 3 is 2.42 bits per heavy atom. The molecule has 1 N–H and O–H groups in total. The van der Waals surface area contributed by atoms with Crippen LogP contribution in [0.25, 0.3) is 0 Å². The highest BCUT2D eigenvalue weighted by molar-refractivity contribution is 5.07. The summed E-state index contributed by atoms with van der Waals surface area (Å²) < 4.78 is 11.0. The second-order valence-corrected chi connectivity index (χ2v) is 5.69. The smallest absolute Gasteiger partial charge is 0.232 e. The third-order valence-electron chi connectivity index (χ3n) is 2.24. The van der Waals surface area contributed by atoms with Crippen molar-refractivity contribution in [3.05, 3.63) is 18.1 Å². The van der Waals surface area contributed by atoms with Gasteiger partial charge in [-0.15, -0.1) is 0 Å². The molecule has 1 heterocycles. The first kappa shape index (κ1) is 15.9. The molecule has 0 aromatic carbocycles. The van der Waals surface area contributed by atoms with E-state index in [0.717, 1.165) is 12.2 Å². The lowest BCUT2D eigenvalue weighted by molar-refractivity contribution is -0.0168. The van der Waals surface area contributed by atoms with Gasteiger partial charge in [0.05, 0.1) is 30.3 Å². The van der Waals surface area contributed by atoms with E-state index in [1.165, 1.54) is 0 Å². The normalized spacial score (nSPS) is 11.9. The lowest BCUT2D eigenvalue weighted by Crippen LogP contribution is -2.23. The number of hydrogen-bond acceptors (Lipinski definition) is 5. The van der Waals surface area contributed by atoms with Crippen LogP contribution in [0.4, 0.5) is 0 Å². The highest BCUT2D eigenvalue weighted by Crippen LogP contribution is 2.07. The molecule has 1 aromatic heterocycles. The van der Waals surface area contributed by atoms with Crippen molar-refractivity contribution in [2.24, 2.45) is 0 Å². The van der Waals surface area contributed by atoms with Crippen molar-refractivity contribution in [1.82, 2.24) is 15.3 Å². The zero-order valence-electron chi connectivity index (χ0n) is 12.6. The van der Waals surface area contributed by atoms with Crippen LogP contribution in [0.3, 0.4) is 0 Å². The topological polar surface area (TPSA) is 56.3 Å². The molecule has 19 heavy (non-hydrogen) atoms. The predicted molar refractivity (Wildman–Crippen MR) is 75.2 cm³/mol. The zero-order chi connectivity index (χ0) is 14.3. The van der Waals surface area contributed by atoms with Gasteiger partial charge in [0.25, 0.3) is 0 Å². The van der Waals surface area contributed by atoms with E-state index in [9.17, 15) is 0 Å². The van der Waals surface area contributed by atoms with Crippen molar-refractivity contribution in [3.63, 3.8) is 0 Å². The lowest BCUT2D eigenvalue weighted by Gasteiger charge is -2.19. The van der Waals surface area contributed by atoms with Gasteiger partial charge in [0.2, 0.25) is 5.88 Å². The summed E-state index contributed by atoms with van der Waals surface area (Å²) in [4.78, 5) is 8.50. The summed E-state index contributed by atoms with van der Waals surface area (Å²) in [6.45, 7) is 12.0. The van der Waals surface area contributed by atoms with Gasteiger partial charge in [0.15, 0.2) is 0 Å². The molecule has 0 spiro atoms. The molecule has 5 heteroatoms. The molecule has 1 aromatic rings. The molecule has 0 aliphatic rings. The summed E-state index contributed by atoms with van der Waals surface area (Å²) in [7, 11) is 0. The summed E-state index contributed by atoms with van der Waals surface area (Å²) in [6, 6.07) is 0.437. The Labute approximate surface area is 115 Å². The van der Waals surface area contributed by atoms with Gasteiger partial charge in [-0.1, -0.05) is 13.8 Å². The molecule has 0 amide bonds. The van der Waals surface area contributed by atoms with Crippen molar-refractivity contribution >= 4 is 0 Å². The number of ether oxygens (including phenoxy) is 2. The highest BCUT2D eigenvalue weighted by atomic mass is 16.5. The maximum absolute atomic E-state index is 5.56. The second kappa shape index (κ2) is 7.40. The number of nitrogens with one attached hydrogen (secondary N) is 1. The van der Waals surface area contributed by atoms with Crippen LogP contribution in [0, 0.1) is 0 Å². The van der Waals surface area contributed by atoms with Gasteiger partial charge in [0, 0.05) is 12.6 Å². The average Bonchev–Trinajstić information content (AvgIpc) is 2.32. The Morgan fingerprint density at radius 2 is 1.89 bits per heavy atom. The van der Waals surface area contributed by atoms with Gasteiger partial charge in [-0.2, -0.15) is 0 Å². The maximum atomic E-state index is 5.56. The quantitative estimate of drug-likeness (QED) is 0.767. The largest absolute Gasteiger partial charge is 0.474 e. The highest BCUT2D eigenvalue weighted by Gasteiger charge is 2.09. The minimum Gasteiger partial charge on any atom is -0.474 e. The van der Waals surface area contributed by atoms with Crippen LogP contribution in [0.1, 0.15) is 40.3 Å². The Balaban J connectivity index is 2.28. The molecular weight excluding hydrogens is 242 g/mol. The molecule has 0 bridgehead atoms. The summed E-state index contributed by atoms with van der Waals surface area (Å²) in [6.07, 6.45) is 3.38. The number of aromatic nitrogens is 2. The van der Waals surface area contributed by atoms with Gasteiger partial charge >= 0.3 is 0 Å². The molecule has 0 aliphatic carbocycles. The van der Waals surface area contributed by atoms with E-state index < -0.39 is 0 Å². The predicted octanol–water partition coefficient (Wildman–Crippen LogP) is 2.17. The Bertz CT molecular complexity index is 358. The number of nitrogens with zero attached hydrogens (tertiary/aromatic N) is 2. The van der Waals surface area contributed by atoms with Crippen LogP contribution in [0.15, 0.2) is 12.4 Å². The van der Waals surface area contributed by atoms with E-state index in [1.807, 2.05) is 20.8 Å². The molecule has 1 rings (SSSR count). The molecular formula is C14H25N3O2. The number of rotatable bonds is 7. The SMILES string of the molecule is CC(C)NCc1cnc(OCCOC(C)(C)C)cn1. The Morgan fingerprint density at radius 1 is 1.16 bits per heavy atom. The molecule has 5 nitrogen and oxygen atoms in total. The third kappa shape index (κ3) is 7.74. The van der Waals surface area contributed by atoms with Gasteiger partial charge in [-0.25, -0.2) is 4.98 Å². The van der Waals surface area contributed by atoms with Crippen molar-refractivity contribution < 1.29 is 9.47 Å². The zero-order valence-corrected chi connectivity index (χ0v) is 12.6. The molecule has 0 saturated carbocycles. The first-order chi connectivity index (χ1) is 8.87. The summed E-state index contributed by atoms with van der Waals surface area (Å²) in [5, 5.41) is 3.29.